The Labute approximate surface area is 203 Å². The number of para-hydroxylation sites is 1. The lowest BCUT2D eigenvalue weighted by atomic mass is 9.97. The Morgan fingerprint density at radius 2 is 1.68 bits per heavy atom. The largest absolute Gasteiger partial charge is 0.355 e. The number of nitrogens with zero attached hydrogens (tertiary/aromatic N) is 4. The van der Waals surface area contributed by atoms with Crippen molar-refractivity contribution in [2.24, 2.45) is 5.92 Å². The van der Waals surface area contributed by atoms with Gasteiger partial charge in [0.05, 0.1) is 5.92 Å². The van der Waals surface area contributed by atoms with E-state index < -0.39 is 5.91 Å². The number of nitrogens with one attached hydrogen (secondary N) is 2. The van der Waals surface area contributed by atoms with Crippen LogP contribution in [0.15, 0.2) is 30.3 Å². The first-order valence-corrected chi connectivity index (χ1v) is 12.9. The topological polar surface area (TPSA) is 108 Å². The number of amides is 3. The Morgan fingerprint density at radius 1 is 0.941 bits per heavy atom. The molecule has 34 heavy (non-hydrogen) atoms. The zero-order valence-corrected chi connectivity index (χ0v) is 20.2. The molecule has 2 aromatic rings. The highest BCUT2D eigenvalue weighted by atomic mass is 32.1. The van der Waals surface area contributed by atoms with Crippen LogP contribution < -0.4 is 10.6 Å². The summed E-state index contributed by atoms with van der Waals surface area (Å²) >= 11 is 0.971. The van der Waals surface area contributed by atoms with Crippen molar-refractivity contribution in [1.29, 1.82) is 0 Å². The van der Waals surface area contributed by atoms with Gasteiger partial charge in [-0.15, -0.1) is 10.2 Å². The van der Waals surface area contributed by atoms with Crippen molar-refractivity contribution in [3.63, 3.8) is 0 Å². The van der Waals surface area contributed by atoms with Crippen LogP contribution in [-0.4, -0.2) is 77.0 Å². The average molecular weight is 485 g/mol. The van der Waals surface area contributed by atoms with Crippen LogP contribution in [0.4, 0.5) is 5.69 Å². The summed E-state index contributed by atoms with van der Waals surface area (Å²) in [7, 11) is 0. The average Bonchev–Trinajstić information content (AvgIpc) is 3.22. The van der Waals surface area contributed by atoms with Crippen LogP contribution in [0.5, 0.6) is 0 Å². The van der Waals surface area contributed by atoms with E-state index in [-0.39, 0.29) is 27.7 Å². The summed E-state index contributed by atoms with van der Waals surface area (Å²) in [6.07, 6.45) is 6.57. The molecule has 3 heterocycles. The van der Waals surface area contributed by atoms with E-state index in [2.05, 4.69) is 25.7 Å². The van der Waals surface area contributed by atoms with Crippen LogP contribution in [0, 0.1) is 5.92 Å². The monoisotopic (exact) mass is 484 g/mol. The van der Waals surface area contributed by atoms with E-state index in [1.807, 2.05) is 18.2 Å². The second kappa shape index (κ2) is 12.0. The molecule has 1 unspecified atom stereocenters. The molecule has 0 spiro atoms. The second-order valence-corrected chi connectivity index (χ2v) is 9.85. The summed E-state index contributed by atoms with van der Waals surface area (Å²) in [6.45, 7) is 4.66. The quantitative estimate of drug-likeness (QED) is 0.626. The lowest BCUT2D eigenvalue weighted by Gasteiger charge is -2.31. The van der Waals surface area contributed by atoms with Gasteiger partial charge in [-0.1, -0.05) is 42.4 Å². The molecule has 0 saturated carbocycles. The molecule has 0 radical (unpaired) electrons. The molecule has 2 saturated heterocycles. The molecule has 4 rings (SSSR count). The highest BCUT2D eigenvalue weighted by molar-refractivity contribution is 7.15. The molecular weight excluding hydrogens is 452 g/mol. The fraction of sp³-hybridized carbons (Fsp3) is 0.542. The zero-order chi connectivity index (χ0) is 23.8. The van der Waals surface area contributed by atoms with Gasteiger partial charge < -0.3 is 20.4 Å². The molecule has 3 amide bonds. The molecule has 0 aliphatic carbocycles. The summed E-state index contributed by atoms with van der Waals surface area (Å²) in [5.41, 5.74) is 0.649. The van der Waals surface area contributed by atoms with E-state index in [4.69, 9.17) is 0 Å². The van der Waals surface area contributed by atoms with Gasteiger partial charge in [-0.25, -0.2) is 0 Å². The SMILES string of the molecule is O=C(Nc1ccccc1)c1nnc(C(=O)N2CCCC(C(=O)NCCN3CCCCCC3)C2)s1. The van der Waals surface area contributed by atoms with Gasteiger partial charge in [-0.05, 0) is 50.9 Å². The first kappa shape index (κ1) is 24.3. The molecule has 10 heteroatoms. The van der Waals surface area contributed by atoms with Gasteiger partial charge in [0.2, 0.25) is 15.9 Å². The number of carbonyl (C=O) groups excluding carboxylic acids is 3. The number of likely N-dealkylation sites (tertiary alicyclic amines) is 2. The van der Waals surface area contributed by atoms with Gasteiger partial charge in [0, 0.05) is 31.9 Å². The Hall–Kier alpha value is -2.85. The van der Waals surface area contributed by atoms with Crippen LogP contribution in [0.3, 0.4) is 0 Å². The maximum Gasteiger partial charge on any atom is 0.286 e. The number of benzene rings is 1. The van der Waals surface area contributed by atoms with Crippen molar-refractivity contribution in [3.8, 4) is 0 Å². The van der Waals surface area contributed by atoms with E-state index in [1.165, 1.54) is 25.7 Å². The summed E-state index contributed by atoms with van der Waals surface area (Å²) in [6, 6.07) is 9.06. The first-order valence-electron chi connectivity index (χ1n) is 12.1. The van der Waals surface area contributed by atoms with E-state index in [0.29, 0.717) is 25.3 Å². The third-order valence-electron chi connectivity index (χ3n) is 6.34. The predicted octanol–water partition coefficient (Wildman–Crippen LogP) is 2.63. The molecule has 1 atom stereocenters. The smallest absolute Gasteiger partial charge is 0.286 e. The predicted molar refractivity (Wildman–Crippen MR) is 131 cm³/mol. The molecule has 1 aromatic heterocycles. The molecular formula is C24H32N6O3S. The highest BCUT2D eigenvalue weighted by Crippen LogP contribution is 2.21. The molecule has 2 aliphatic rings. The van der Waals surface area contributed by atoms with Crippen molar-refractivity contribution < 1.29 is 14.4 Å². The van der Waals surface area contributed by atoms with Crippen LogP contribution in [0.2, 0.25) is 0 Å². The van der Waals surface area contributed by atoms with Crippen LogP contribution in [0.1, 0.15) is 58.1 Å². The Kier molecular flexibility index (Phi) is 8.59. The van der Waals surface area contributed by atoms with Gasteiger partial charge in [0.1, 0.15) is 0 Å². The van der Waals surface area contributed by atoms with Crippen LogP contribution >= 0.6 is 11.3 Å². The number of aromatic nitrogens is 2. The van der Waals surface area contributed by atoms with Crippen molar-refractivity contribution in [1.82, 2.24) is 25.3 Å². The lowest BCUT2D eigenvalue weighted by Crippen LogP contribution is -2.46. The number of piperidine rings is 1. The Bertz CT molecular complexity index is 974. The van der Waals surface area contributed by atoms with E-state index in [1.54, 1.807) is 17.0 Å². The third kappa shape index (κ3) is 6.60. The Morgan fingerprint density at radius 3 is 2.44 bits per heavy atom. The molecule has 2 fully saturated rings. The standard InChI is InChI=1S/C24H32N6O3S/c31-20(25-12-16-29-13-6-1-2-7-14-29)18-9-8-15-30(17-18)24(33)23-28-27-22(34-23)21(32)26-19-10-4-3-5-11-19/h3-5,10-11,18H,1-2,6-9,12-17H2,(H,25,31)(H,26,32). The molecule has 2 N–H and O–H groups in total. The number of anilines is 1. The van der Waals surface area contributed by atoms with Crippen molar-refractivity contribution in [2.75, 3.05) is 44.6 Å². The number of rotatable bonds is 7. The number of carbonyl (C=O) groups is 3. The fourth-order valence-corrected chi connectivity index (χ4v) is 5.17. The van der Waals surface area contributed by atoms with Gasteiger partial charge in [-0.2, -0.15) is 0 Å². The minimum Gasteiger partial charge on any atom is -0.355 e. The molecule has 182 valence electrons. The fourth-order valence-electron chi connectivity index (χ4n) is 4.46. The molecule has 9 nitrogen and oxygen atoms in total. The third-order valence-corrected chi connectivity index (χ3v) is 7.25. The van der Waals surface area contributed by atoms with Gasteiger partial charge >= 0.3 is 0 Å². The Balaban J connectivity index is 1.26. The number of hydrogen-bond donors (Lipinski definition) is 2. The zero-order valence-electron chi connectivity index (χ0n) is 19.4. The summed E-state index contributed by atoms with van der Waals surface area (Å²) < 4.78 is 0. The second-order valence-electron chi connectivity index (χ2n) is 8.87. The minimum atomic E-state index is -0.400. The maximum absolute atomic E-state index is 13.0. The van der Waals surface area contributed by atoms with Crippen LogP contribution in [0.25, 0.3) is 0 Å². The van der Waals surface area contributed by atoms with Gasteiger partial charge in [0.15, 0.2) is 0 Å². The summed E-state index contributed by atoms with van der Waals surface area (Å²) in [4.78, 5) is 42.2. The summed E-state index contributed by atoms with van der Waals surface area (Å²) in [5.74, 6) is -0.899. The van der Waals surface area contributed by atoms with E-state index in [0.717, 1.165) is 43.8 Å². The van der Waals surface area contributed by atoms with E-state index >= 15 is 0 Å². The number of hydrogen-bond acceptors (Lipinski definition) is 7. The first-order chi connectivity index (χ1) is 16.6. The van der Waals surface area contributed by atoms with Gasteiger partial charge in [-0.3, -0.25) is 14.4 Å². The molecule has 0 bridgehead atoms. The van der Waals surface area contributed by atoms with E-state index in [9.17, 15) is 14.4 Å². The molecule has 2 aliphatic heterocycles. The normalized spacial score (nSPS) is 19.3. The van der Waals surface area contributed by atoms with Crippen LogP contribution in [-0.2, 0) is 4.79 Å². The van der Waals surface area contributed by atoms with Crippen molar-refractivity contribution in [3.05, 3.63) is 40.3 Å². The summed E-state index contributed by atoms with van der Waals surface area (Å²) in [5, 5.41) is 14.0. The van der Waals surface area contributed by atoms with Gasteiger partial charge in [0.25, 0.3) is 11.8 Å². The van der Waals surface area contributed by atoms with Crippen molar-refractivity contribution >= 4 is 34.7 Å². The maximum atomic E-state index is 13.0. The lowest BCUT2D eigenvalue weighted by molar-refractivity contribution is -0.126. The minimum absolute atomic E-state index is 0.00696. The highest BCUT2D eigenvalue weighted by Gasteiger charge is 2.31. The molecule has 1 aromatic carbocycles. The van der Waals surface area contributed by atoms with Crippen molar-refractivity contribution in [2.45, 2.75) is 38.5 Å².